The summed E-state index contributed by atoms with van der Waals surface area (Å²) in [7, 11) is 0. The van der Waals surface area contributed by atoms with E-state index in [1.165, 1.54) is 122 Å². The highest BCUT2D eigenvalue weighted by Gasteiger charge is 2.44. The zero-order valence-corrected chi connectivity index (χ0v) is 44.7. The predicted molar refractivity (Wildman–Crippen MR) is 287 cm³/mol. The first-order valence-corrected chi connectivity index (χ1v) is 28.9. The summed E-state index contributed by atoms with van der Waals surface area (Å²) in [5.74, 6) is -0.227. The van der Waals surface area contributed by atoms with Gasteiger partial charge in [0.15, 0.2) is 6.29 Å². The minimum atomic E-state index is -1.58. The Labute approximate surface area is 427 Å². The van der Waals surface area contributed by atoms with Crippen LogP contribution in [0.2, 0.25) is 0 Å². The zero-order valence-electron chi connectivity index (χ0n) is 44.7. The molecule has 0 radical (unpaired) electrons. The van der Waals surface area contributed by atoms with E-state index in [0.29, 0.717) is 19.4 Å². The summed E-state index contributed by atoms with van der Waals surface area (Å²) in [4.78, 5) is 25.0. The van der Waals surface area contributed by atoms with Crippen molar-refractivity contribution in [1.82, 2.24) is 5.32 Å². The van der Waals surface area contributed by atoms with E-state index in [9.17, 15) is 35.1 Å². The van der Waals surface area contributed by atoms with E-state index in [1.54, 1.807) is 6.08 Å². The van der Waals surface area contributed by atoms with E-state index in [-0.39, 0.29) is 18.5 Å². The Morgan fingerprint density at radius 2 is 0.957 bits per heavy atom. The Bertz CT molecular complexity index is 1300. The second kappa shape index (κ2) is 48.9. The molecule has 0 aliphatic carbocycles. The molecule has 0 aromatic carbocycles. The number of ether oxygens (including phenoxy) is 3. The average molecular weight is 991 g/mol. The normalized spacial score (nSPS) is 19.6. The van der Waals surface area contributed by atoms with Crippen LogP contribution >= 0.6 is 0 Å². The molecule has 11 heteroatoms. The molecule has 1 fully saturated rings. The predicted octanol–water partition coefficient (Wildman–Crippen LogP) is 12.9. The van der Waals surface area contributed by atoms with Gasteiger partial charge < -0.3 is 45.1 Å². The molecule has 1 aliphatic heterocycles. The van der Waals surface area contributed by atoms with Gasteiger partial charge in [0, 0.05) is 12.8 Å². The van der Waals surface area contributed by atoms with Crippen LogP contribution in [0.5, 0.6) is 0 Å². The van der Waals surface area contributed by atoms with E-state index >= 15 is 0 Å². The lowest BCUT2D eigenvalue weighted by Gasteiger charge is -2.40. The van der Waals surface area contributed by atoms with Crippen LogP contribution in [0, 0.1) is 0 Å². The lowest BCUT2D eigenvalue weighted by molar-refractivity contribution is -0.302. The number of unbranched alkanes of at least 4 members (excludes halogenated alkanes) is 29. The molecule has 7 unspecified atom stereocenters. The first kappa shape index (κ1) is 65.6. The highest BCUT2D eigenvalue weighted by Crippen LogP contribution is 2.23. The van der Waals surface area contributed by atoms with Crippen molar-refractivity contribution in [2.75, 3.05) is 19.8 Å². The van der Waals surface area contributed by atoms with Gasteiger partial charge in [0.05, 0.1) is 32.0 Å². The van der Waals surface area contributed by atoms with Crippen LogP contribution in [-0.4, -0.2) is 100 Å². The fraction of sp³-hybridized carbons (Fsp3) is 0.831. The Morgan fingerprint density at radius 1 is 0.529 bits per heavy atom. The third-order valence-corrected chi connectivity index (χ3v) is 13.4. The standard InChI is InChI=1S/C59H107NO10/c1-3-5-7-9-11-13-14-15-20-24-27-31-35-39-43-47-55(64)68-48-44-40-36-32-28-25-22-19-17-16-18-21-23-26-30-34-38-42-46-54(63)60-51(52(62)45-41-37-33-29-12-10-8-6-4-2)50-69-59-58(67)57(66)56(65)53(49-61)70-59/h11,13,15,18,20-21,41,45,51-53,56-59,61-62,65-67H,3-10,12,14,16-17,19,22-40,42-44,46-50H2,1-2H3,(H,60,63)/b13-11-,20-15-,21-18-,45-41+. The van der Waals surface area contributed by atoms with Crippen molar-refractivity contribution in [1.29, 1.82) is 0 Å². The van der Waals surface area contributed by atoms with Gasteiger partial charge in [-0.3, -0.25) is 9.59 Å². The molecule has 1 heterocycles. The maximum Gasteiger partial charge on any atom is 0.305 e. The van der Waals surface area contributed by atoms with Crippen LogP contribution in [-0.2, 0) is 23.8 Å². The Hall–Kier alpha value is -2.38. The monoisotopic (exact) mass is 990 g/mol. The van der Waals surface area contributed by atoms with Gasteiger partial charge >= 0.3 is 5.97 Å². The first-order valence-electron chi connectivity index (χ1n) is 28.9. The van der Waals surface area contributed by atoms with E-state index in [2.05, 4.69) is 55.6 Å². The number of hydrogen-bond donors (Lipinski definition) is 6. The van der Waals surface area contributed by atoms with Crippen molar-refractivity contribution in [2.24, 2.45) is 0 Å². The smallest absolute Gasteiger partial charge is 0.305 e. The Morgan fingerprint density at radius 3 is 1.49 bits per heavy atom. The molecule has 0 aromatic rings. The van der Waals surface area contributed by atoms with Gasteiger partial charge in [-0.25, -0.2) is 0 Å². The molecule has 70 heavy (non-hydrogen) atoms. The maximum atomic E-state index is 13.0. The number of nitrogens with one attached hydrogen (secondary N) is 1. The van der Waals surface area contributed by atoms with Crippen LogP contribution < -0.4 is 5.32 Å². The highest BCUT2D eigenvalue weighted by molar-refractivity contribution is 5.76. The molecule has 7 atom stereocenters. The van der Waals surface area contributed by atoms with Crippen molar-refractivity contribution >= 4 is 11.9 Å². The van der Waals surface area contributed by atoms with Gasteiger partial charge in [0.1, 0.15) is 24.4 Å². The molecule has 1 amide bonds. The van der Waals surface area contributed by atoms with Crippen LogP contribution in [0.3, 0.4) is 0 Å². The summed E-state index contributed by atoms with van der Waals surface area (Å²) in [5.41, 5.74) is 0. The molecule has 1 saturated heterocycles. The van der Waals surface area contributed by atoms with Gasteiger partial charge in [-0.05, 0) is 89.9 Å². The SMILES string of the molecule is CCCCC/C=C\C/C=C\CCCCCCCC(=O)OCCCCCCCCCCC/C=C\CCCCCCCC(=O)NC(COC1OC(CO)C(O)C(O)C1O)C(O)/C=C/CCCCCCCCC. The molecule has 1 rings (SSSR count). The summed E-state index contributed by atoms with van der Waals surface area (Å²) in [6.45, 7) is 4.25. The molecule has 0 bridgehead atoms. The number of amides is 1. The zero-order chi connectivity index (χ0) is 51.0. The van der Waals surface area contributed by atoms with Gasteiger partial charge in [0.25, 0.3) is 0 Å². The number of rotatable bonds is 49. The van der Waals surface area contributed by atoms with E-state index in [4.69, 9.17) is 14.2 Å². The Kier molecular flexibility index (Phi) is 45.8. The summed E-state index contributed by atoms with van der Waals surface area (Å²) >= 11 is 0. The van der Waals surface area contributed by atoms with Crippen molar-refractivity contribution in [3.63, 3.8) is 0 Å². The number of aliphatic hydroxyl groups is 5. The van der Waals surface area contributed by atoms with E-state index in [1.807, 2.05) is 6.08 Å². The fourth-order valence-electron chi connectivity index (χ4n) is 8.75. The van der Waals surface area contributed by atoms with Crippen molar-refractivity contribution in [3.8, 4) is 0 Å². The third-order valence-electron chi connectivity index (χ3n) is 13.4. The molecular weight excluding hydrogens is 883 g/mol. The number of hydrogen-bond acceptors (Lipinski definition) is 10. The van der Waals surface area contributed by atoms with Gasteiger partial charge in [-0.1, -0.05) is 197 Å². The second-order valence-electron chi connectivity index (χ2n) is 20.0. The molecule has 0 aromatic heterocycles. The summed E-state index contributed by atoms with van der Waals surface area (Å²) < 4.78 is 16.7. The largest absolute Gasteiger partial charge is 0.466 e. The lowest BCUT2D eigenvalue weighted by Crippen LogP contribution is -2.60. The molecule has 408 valence electrons. The number of aliphatic hydroxyl groups excluding tert-OH is 5. The molecule has 0 saturated carbocycles. The number of allylic oxidation sites excluding steroid dienone is 7. The number of carbonyl (C=O) groups excluding carboxylic acids is 2. The van der Waals surface area contributed by atoms with Crippen LogP contribution in [0.4, 0.5) is 0 Å². The molecule has 1 aliphatic rings. The minimum Gasteiger partial charge on any atom is -0.466 e. The van der Waals surface area contributed by atoms with Crippen LogP contribution in [0.1, 0.15) is 251 Å². The van der Waals surface area contributed by atoms with Crippen LogP contribution in [0.15, 0.2) is 48.6 Å². The van der Waals surface area contributed by atoms with Gasteiger partial charge in [-0.2, -0.15) is 0 Å². The van der Waals surface area contributed by atoms with Gasteiger partial charge in [0.2, 0.25) is 5.91 Å². The number of esters is 1. The molecular formula is C59H107NO10. The van der Waals surface area contributed by atoms with Crippen LogP contribution in [0.25, 0.3) is 0 Å². The second-order valence-corrected chi connectivity index (χ2v) is 20.0. The summed E-state index contributed by atoms with van der Waals surface area (Å²) in [5, 5.41) is 54.1. The van der Waals surface area contributed by atoms with E-state index in [0.717, 1.165) is 103 Å². The minimum absolute atomic E-state index is 0.0276. The maximum absolute atomic E-state index is 13.0. The van der Waals surface area contributed by atoms with Gasteiger partial charge in [-0.15, -0.1) is 0 Å². The van der Waals surface area contributed by atoms with Crippen molar-refractivity contribution in [3.05, 3.63) is 48.6 Å². The molecule has 0 spiro atoms. The van der Waals surface area contributed by atoms with Crippen molar-refractivity contribution in [2.45, 2.75) is 294 Å². The Balaban J connectivity index is 2.06. The first-order chi connectivity index (χ1) is 34.2. The lowest BCUT2D eigenvalue weighted by atomic mass is 9.99. The highest BCUT2D eigenvalue weighted by atomic mass is 16.7. The molecule has 11 nitrogen and oxygen atoms in total. The summed E-state index contributed by atoms with van der Waals surface area (Å²) in [6, 6.07) is -0.820. The fourth-order valence-corrected chi connectivity index (χ4v) is 8.75. The third kappa shape index (κ3) is 38.3. The average Bonchev–Trinajstić information content (AvgIpc) is 3.36. The molecule has 6 N–H and O–H groups in total. The van der Waals surface area contributed by atoms with E-state index < -0.39 is 49.5 Å². The number of carbonyl (C=O) groups is 2. The quantitative estimate of drug-likeness (QED) is 0.0196. The topological polar surface area (TPSA) is 175 Å². The van der Waals surface area contributed by atoms with Crippen molar-refractivity contribution < 1.29 is 49.3 Å². The summed E-state index contributed by atoms with van der Waals surface area (Å²) in [6.07, 6.45) is 50.6.